The molecule has 1 aromatic carbocycles. The number of carbonyl (C=O) groups is 1. The Labute approximate surface area is 142 Å². The van der Waals surface area contributed by atoms with E-state index < -0.39 is 17.5 Å². The average Bonchev–Trinajstić information content (AvgIpc) is 3.14. The van der Waals surface area contributed by atoms with Crippen LogP contribution in [0.2, 0.25) is 0 Å². The molecule has 2 heterocycles. The largest absolute Gasteiger partial charge is 0.376 e. The lowest BCUT2D eigenvalue weighted by molar-refractivity contribution is 0.0857. The number of amides is 1. The zero-order valence-electron chi connectivity index (χ0n) is 13.2. The van der Waals surface area contributed by atoms with Crippen LogP contribution in [0, 0.1) is 17.5 Å². The third-order valence-corrected chi connectivity index (χ3v) is 3.84. The summed E-state index contributed by atoms with van der Waals surface area (Å²) in [5.41, 5.74) is 0.0799. The van der Waals surface area contributed by atoms with Crippen molar-refractivity contribution in [3.05, 3.63) is 53.5 Å². The number of nitrogens with one attached hydrogen (secondary N) is 2. The molecule has 2 aromatic rings. The Kier molecular flexibility index (Phi) is 5.18. The van der Waals surface area contributed by atoms with E-state index in [1.54, 1.807) is 0 Å². The second kappa shape index (κ2) is 7.52. The first-order valence-electron chi connectivity index (χ1n) is 7.81. The Morgan fingerprint density at radius 1 is 1.20 bits per heavy atom. The molecule has 1 aromatic heterocycles. The highest BCUT2D eigenvalue weighted by atomic mass is 19.2. The second-order valence-electron chi connectivity index (χ2n) is 5.63. The smallest absolute Gasteiger partial charge is 0.252 e. The first-order valence-corrected chi connectivity index (χ1v) is 7.81. The molecule has 1 aliphatic heterocycles. The highest BCUT2D eigenvalue weighted by molar-refractivity contribution is 5.94. The van der Waals surface area contributed by atoms with Crippen molar-refractivity contribution in [1.82, 2.24) is 10.3 Å². The molecule has 5 nitrogen and oxygen atoms in total. The van der Waals surface area contributed by atoms with Gasteiger partial charge in [-0.2, -0.15) is 0 Å². The number of benzene rings is 1. The quantitative estimate of drug-likeness (QED) is 0.813. The van der Waals surface area contributed by atoms with Gasteiger partial charge in [0.2, 0.25) is 0 Å². The summed E-state index contributed by atoms with van der Waals surface area (Å²) in [7, 11) is 0. The predicted molar refractivity (Wildman–Crippen MR) is 85.1 cm³/mol. The van der Waals surface area contributed by atoms with Gasteiger partial charge in [-0.25, -0.2) is 18.2 Å². The fourth-order valence-electron chi connectivity index (χ4n) is 2.48. The number of hydrogen-bond donors (Lipinski definition) is 2. The van der Waals surface area contributed by atoms with E-state index in [0.717, 1.165) is 25.0 Å². The van der Waals surface area contributed by atoms with Gasteiger partial charge in [-0.1, -0.05) is 0 Å². The minimum atomic E-state index is -1.56. The van der Waals surface area contributed by atoms with Crippen molar-refractivity contribution < 1.29 is 22.7 Å². The number of anilines is 2. The molecule has 8 heteroatoms. The van der Waals surface area contributed by atoms with E-state index in [-0.39, 0.29) is 23.5 Å². The van der Waals surface area contributed by atoms with Crippen LogP contribution in [0.4, 0.5) is 24.7 Å². The lowest BCUT2D eigenvalue weighted by Gasteiger charge is -2.11. The van der Waals surface area contributed by atoms with E-state index in [9.17, 15) is 18.0 Å². The van der Waals surface area contributed by atoms with Crippen LogP contribution in [-0.4, -0.2) is 30.1 Å². The average molecular weight is 351 g/mol. The van der Waals surface area contributed by atoms with Gasteiger partial charge in [-0.15, -0.1) is 0 Å². The number of hydrogen-bond acceptors (Lipinski definition) is 4. The Hall–Kier alpha value is -2.61. The molecule has 0 bridgehead atoms. The minimum Gasteiger partial charge on any atom is -0.376 e. The Morgan fingerprint density at radius 2 is 2.04 bits per heavy atom. The summed E-state index contributed by atoms with van der Waals surface area (Å²) in [6.07, 6.45) is 3.25. The normalized spacial score (nSPS) is 16.7. The molecule has 3 rings (SSSR count). The van der Waals surface area contributed by atoms with Crippen molar-refractivity contribution in [2.45, 2.75) is 18.9 Å². The lowest BCUT2D eigenvalue weighted by Crippen LogP contribution is -2.31. The molecule has 2 N–H and O–H groups in total. The van der Waals surface area contributed by atoms with E-state index in [1.807, 2.05) is 0 Å². The zero-order valence-corrected chi connectivity index (χ0v) is 13.2. The molecular formula is C17H16F3N3O2. The summed E-state index contributed by atoms with van der Waals surface area (Å²) in [6, 6.07) is 4.82. The number of ether oxygens (including phenoxy) is 1. The number of nitrogens with zero attached hydrogens (tertiary/aromatic N) is 1. The van der Waals surface area contributed by atoms with Crippen molar-refractivity contribution in [1.29, 1.82) is 0 Å². The van der Waals surface area contributed by atoms with Crippen LogP contribution in [0.25, 0.3) is 0 Å². The first-order chi connectivity index (χ1) is 12.0. The van der Waals surface area contributed by atoms with Crippen molar-refractivity contribution >= 4 is 17.4 Å². The van der Waals surface area contributed by atoms with Crippen LogP contribution in [0.15, 0.2) is 30.5 Å². The monoisotopic (exact) mass is 351 g/mol. The maximum absolute atomic E-state index is 13.6. The van der Waals surface area contributed by atoms with E-state index in [4.69, 9.17) is 4.74 Å². The fraction of sp³-hybridized carbons (Fsp3) is 0.294. The highest BCUT2D eigenvalue weighted by Crippen LogP contribution is 2.22. The molecule has 1 aliphatic rings. The van der Waals surface area contributed by atoms with E-state index in [1.165, 1.54) is 18.3 Å². The van der Waals surface area contributed by atoms with Gasteiger partial charge < -0.3 is 15.4 Å². The Bertz CT molecular complexity index is 762. The van der Waals surface area contributed by atoms with Gasteiger partial charge in [-0.05, 0) is 37.1 Å². The van der Waals surface area contributed by atoms with Crippen molar-refractivity contribution in [3.63, 3.8) is 0 Å². The van der Waals surface area contributed by atoms with Crippen LogP contribution in [0.1, 0.15) is 23.2 Å². The standard InChI is InChI=1S/C17H16F3N3O2/c18-12-4-5-13(16(20)15(12)19)23-14-6-3-10(8-21-14)17(24)22-9-11-2-1-7-25-11/h3-6,8,11H,1-2,7,9H2,(H,21,23)(H,22,24). The van der Waals surface area contributed by atoms with Gasteiger partial charge in [0.1, 0.15) is 5.82 Å². The Balaban J connectivity index is 1.62. The van der Waals surface area contributed by atoms with Gasteiger partial charge in [-0.3, -0.25) is 4.79 Å². The van der Waals surface area contributed by atoms with Gasteiger partial charge in [0.25, 0.3) is 5.91 Å². The van der Waals surface area contributed by atoms with Gasteiger partial charge >= 0.3 is 0 Å². The topological polar surface area (TPSA) is 63.2 Å². The van der Waals surface area contributed by atoms with Gasteiger partial charge in [0.15, 0.2) is 17.5 Å². The lowest BCUT2D eigenvalue weighted by atomic mass is 10.2. The molecular weight excluding hydrogens is 335 g/mol. The highest BCUT2D eigenvalue weighted by Gasteiger charge is 2.17. The zero-order chi connectivity index (χ0) is 17.8. The summed E-state index contributed by atoms with van der Waals surface area (Å²) in [5, 5.41) is 5.30. The van der Waals surface area contributed by atoms with Crippen molar-refractivity contribution in [2.75, 3.05) is 18.5 Å². The molecule has 0 aliphatic carbocycles. The fourth-order valence-corrected chi connectivity index (χ4v) is 2.48. The van der Waals surface area contributed by atoms with Gasteiger partial charge in [0, 0.05) is 19.3 Å². The van der Waals surface area contributed by atoms with Gasteiger partial charge in [0.05, 0.1) is 17.4 Å². The SMILES string of the molecule is O=C(NCC1CCCO1)c1ccc(Nc2ccc(F)c(F)c2F)nc1. The maximum atomic E-state index is 13.6. The third kappa shape index (κ3) is 4.08. The predicted octanol–water partition coefficient (Wildman–Crippen LogP) is 3.15. The molecule has 0 saturated carbocycles. The summed E-state index contributed by atoms with van der Waals surface area (Å²) in [4.78, 5) is 16.0. The Morgan fingerprint density at radius 3 is 2.72 bits per heavy atom. The van der Waals surface area contributed by atoms with Crippen LogP contribution in [0.3, 0.4) is 0 Å². The molecule has 0 spiro atoms. The van der Waals surface area contributed by atoms with Crippen molar-refractivity contribution in [3.8, 4) is 0 Å². The van der Waals surface area contributed by atoms with Crippen LogP contribution in [0.5, 0.6) is 0 Å². The summed E-state index contributed by atoms with van der Waals surface area (Å²) in [5.74, 6) is -4.27. The number of rotatable bonds is 5. The molecule has 25 heavy (non-hydrogen) atoms. The molecule has 1 atom stereocenters. The van der Waals surface area contributed by atoms with E-state index in [2.05, 4.69) is 15.6 Å². The molecule has 1 amide bonds. The molecule has 0 radical (unpaired) electrons. The van der Waals surface area contributed by atoms with Crippen LogP contribution in [-0.2, 0) is 4.74 Å². The molecule has 1 saturated heterocycles. The first kappa shape index (κ1) is 17.2. The van der Waals surface area contributed by atoms with Crippen LogP contribution >= 0.6 is 0 Å². The number of pyridine rings is 1. The van der Waals surface area contributed by atoms with Crippen LogP contribution < -0.4 is 10.6 Å². The molecule has 1 unspecified atom stereocenters. The third-order valence-electron chi connectivity index (χ3n) is 3.84. The minimum absolute atomic E-state index is 0.0363. The summed E-state index contributed by atoms with van der Waals surface area (Å²) < 4.78 is 45.2. The van der Waals surface area contributed by atoms with E-state index in [0.29, 0.717) is 18.7 Å². The number of carbonyl (C=O) groups excluding carboxylic acids is 1. The van der Waals surface area contributed by atoms with Crippen molar-refractivity contribution in [2.24, 2.45) is 0 Å². The van der Waals surface area contributed by atoms with E-state index >= 15 is 0 Å². The molecule has 132 valence electrons. The summed E-state index contributed by atoms with van der Waals surface area (Å²) >= 11 is 0. The maximum Gasteiger partial charge on any atom is 0.252 e. The number of aromatic nitrogens is 1. The summed E-state index contributed by atoms with van der Waals surface area (Å²) in [6.45, 7) is 1.14. The second-order valence-corrected chi connectivity index (χ2v) is 5.63. The molecule has 1 fully saturated rings. The number of halogens is 3.